The Hall–Kier alpha value is -0.500. The average Bonchev–Trinajstić information content (AvgIpc) is 2.35. The van der Waals surface area contributed by atoms with E-state index in [-0.39, 0.29) is 5.92 Å². The first-order chi connectivity index (χ1) is 9.42. The van der Waals surface area contributed by atoms with E-state index in [1.165, 1.54) is 4.90 Å². The third-order valence-electron chi connectivity index (χ3n) is 3.29. The minimum absolute atomic E-state index is 0.170. The first-order valence-corrected chi connectivity index (χ1v) is 7.68. The molecule has 0 saturated carbocycles. The number of hydrogen-bond acceptors (Lipinski definition) is 2. The van der Waals surface area contributed by atoms with Crippen LogP contribution in [0, 0.1) is 9.49 Å². The Morgan fingerprint density at radius 2 is 2.15 bits per heavy atom. The van der Waals surface area contributed by atoms with E-state index < -0.39 is 12.7 Å². The highest BCUT2D eigenvalue weighted by Crippen LogP contribution is 2.23. The van der Waals surface area contributed by atoms with Gasteiger partial charge in [0.1, 0.15) is 5.75 Å². The van der Waals surface area contributed by atoms with Crippen LogP contribution in [0.15, 0.2) is 24.3 Å². The second kappa shape index (κ2) is 6.98. The van der Waals surface area contributed by atoms with Crippen molar-refractivity contribution in [2.45, 2.75) is 19.0 Å². The number of rotatable bonds is 4. The molecule has 1 aliphatic rings. The Morgan fingerprint density at radius 3 is 2.85 bits per heavy atom. The first-order valence-electron chi connectivity index (χ1n) is 6.60. The molecule has 0 aromatic heterocycles. The van der Waals surface area contributed by atoms with Crippen molar-refractivity contribution in [1.29, 1.82) is 0 Å². The fourth-order valence-electron chi connectivity index (χ4n) is 2.46. The summed E-state index contributed by atoms with van der Waals surface area (Å²) in [5.74, 6) is 0.953. The van der Waals surface area contributed by atoms with E-state index >= 15 is 0 Å². The van der Waals surface area contributed by atoms with Crippen molar-refractivity contribution < 1.29 is 17.9 Å². The summed E-state index contributed by atoms with van der Waals surface area (Å²) in [5, 5.41) is 0. The topological polar surface area (TPSA) is 12.5 Å². The van der Waals surface area contributed by atoms with Crippen molar-refractivity contribution in [2.24, 2.45) is 5.92 Å². The zero-order chi connectivity index (χ0) is 14.6. The third kappa shape index (κ3) is 5.47. The summed E-state index contributed by atoms with van der Waals surface area (Å²) in [5.41, 5.74) is 0. The van der Waals surface area contributed by atoms with Crippen LogP contribution in [0.25, 0.3) is 0 Å². The number of benzene rings is 1. The van der Waals surface area contributed by atoms with Gasteiger partial charge in [-0.15, -0.1) is 0 Å². The lowest BCUT2D eigenvalue weighted by molar-refractivity contribution is -0.149. The molecule has 2 rings (SSSR count). The maximum Gasteiger partial charge on any atom is 0.401 e. The van der Waals surface area contributed by atoms with E-state index in [0.29, 0.717) is 19.7 Å². The zero-order valence-corrected chi connectivity index (χ0v) is 13.2. The van der Waals surface area contributed by atoms with E-state index in [0.717, 1.165) is 22.2 Å². The van der Waals surface area contributed by atoms with Crippen molar-refractivity contribution in [2.75, 3.05) is 26.2 Å². The van der Waals surface area contributed by atoms with Gasteiger partial charge < -0.3 is 4.74 Å². The van der Waals surface area contributed by atoms with Crippen LogP contribution in [0.3, 0.4) is 0 Å². The minimum Gasteiger partial charge on any atom is -0.493 e. The zero-order valence-electron chi connectivity index (χ0n) is 11.0. The fourth-order valence-corrected chi connectivity index (χ4v) is 2.97. The Morgan fingerprint density at radius 1 is 1.35 bits per heavy atom. The maximum atomic E-state index is 12.4. The van der Waals surface area contributed by atoms with Gasteiger partial charge in [0.05, 0.1) is 13.2 Å². The van der Waals surface area contributed by atoms with Gasteiger partial charge >= 0.3 is 6.18 Å². The number of alkyl halides is 3. The Labute approximate surface area is 130 Å². The molecule has 1 heterocycles. The van der Waals surface area contributed by atoms with Crippen molar-refractivity contribution >= 4 is 22.6 Å². The summed E-state index contributed by atoms with van der Waals surface area (Å²) < 4.78 is 43.9. The molecule has 0 N–H and O–H groups in total. The number of piperidine rings is 1. The average molecular weight is 399 g/mol. The number of ether oxygens (including phenoxy) is 1. The number of hydrogen-bond donors (Lipinski definition) is 0. The highest BCUT2D eigenvalue weighted by atomic mass is 127. The molecule has 0 amide bonds. The quantitative estimate of drug-likeness (QED) is 0.712. The van der Waals surface area contributed by atoms with Crippen molar-refractivity contribution in [3.63, 3.8) is 0 Å². The molecule has 1 aliphatic heterocycles. The van der Waals surface area contributed by atoms with Crippen LogP contribution >= 0.6 is 22.6 Å². The van der Waals surface area contributed by atoms with Crippen LogP contribution in [0.1, 0.15) is 12.8 Å². The molecular formula is C14H17F3INO. The Balaban J connectivity index is 1.81. The van der Waals surface area contributed by atoms with Gasteiger partial charge in [0.15, 0.2) is 0 Å². The van der Waals surface area contributed by atoms with Crippen molar-refractivity contribution in [3.8, 4) is 5.75 Å². The Bertz CT molecular complexity index is 439. The predicted molar refractivity (Wildman–Crippen MR) is 79.9 cm³/mol. The lowest BCUT2D eigenvalue weighted by Gasteiger charge is -2.32. The molecule has 112 valence electrons. The molecule has 1 aromatic carbocycles. The van der Waals surface area contributed by atoms with E-state index in [9.17, 15) is 13.2 Å². The fraction of sp³-hybridized carbons (Fsp3) is 0.571. The molecular weight excluding hydrogens is 382 g/mol. The molecule has 1 saturated heterocycles. The SMILES string of the molecule is FC(F)(F)CN1CCC[C@H](COc2cccc(I)c2)C1. The van der Waals surface area contributed by atoms with E-state index in [1.807, 2.05) is 24.3 Å². The standard InChI is InChI=1S/C14H17F3INO/c15-14(16,17)10-19-6-2-3-11(8-19)9-20-13-5-1-4-12(18)7-13/h1,4-5,7,11H,2-3,6,8-10H2/t11-/m0/s1. The van der Waals surface area contributed by atoms with Gasteiger partial charge in [0.25, 0.3) is 0 Å². The van der Waals surface area contributed by atoms with Crippen LogP contribution < -0.4 is 4.74 Å². The molecule has 2 nitrogen and oxygen atoms in total. The second-order valence-corrected chi connectivity index (χ2v) is 6.37. The summed E-state index contributed by atoms with van der Waals surface area (Å²) in [6.07, 6.45) is -2.38. The summed E-state index contributed by atoms with van der Waals surface area (Å²) in [6.45, 7) is 0.657. The summed E-state index contributed by atoms with van der Waals surface area (Å²) in [6, 6.07) is 7.68. The normalized spacial score (nSPS) is 20.9. The van der Waals surface area contributed by atoms with Crippen molar-refractivity contribution in [1.82, 2.24) is 4.90 Å². The van der Waals surface area contributed by atoms with Crippen LogP contribution in [0.5, 0.6) is 5.75 Å². The molecule has 6 heteroatoms. The van der Waals surface area contributed by atoms with Gasteiger partial charge in [0, 0.05) is 16.0 Å². The summed E-state index contributed by atoms with van der Waals surface area (Å²) in [7, 11) is 0. The van der Waals surface area contributed by atoms with Crippen LogP contribution in [0.2, 0.25) is 0 Å². The molecule has 0 spiro atoms. The van der Waals surface area contributed by atoms with Gasteiger partial charge in [-0.2, -0.15) is 13.2 Å². The number of likely N-dealkylation sites (tertiary alicyclic amines) is 1. The van der Waals surface area contributed by atoms with Gasteiger partial charge in [-0.25, -0.2) is 0 Å². The molecule has 0 aliphatic carbocycles. The van der Waals surface area contributed by atoms with Crippen LogP contribution in [-0.4, -0.2) is 37.3 Å². The van der Waals surface area contributed by atoms with E-state index in [4.69, 9.17) is 4.74 Å². The monoisotopic (exact) mass is 399 g/mol. The maximum absolute atomic E-state index is 12.4. The van der Waals surface area contributed by atoms with E-state index in [1.54, 1.807) is 0 Å². The smallest absolute Gasteiger partial charge is 0.401 e. The second-order valence-electron chi connectivity index (χ2n) is 5.13. The predicted octanol–water partition coefficient (Wildman–Crippen LogP) is 3.94. The molecule has 0 radical (unpaired) electrons. The Kier molecular flexibility index (Phi) is 5.54. The van der Waals surface area contributed by atoms with Gasteiger partial charge in [-0.3, -0.25) is 4.90 Å². The molecule has 1 aromatic rings. The minimum atomic E-state index is -4.11. The highest BCUT2D eigenvalue weighted by Gasteiger charge is 2.33. The van der Waals surface area contributed by atoms with Crippen LogP contribution in [-0.2, 0) is 0 Å². The molecule has 0 unspecified atom stereocenters. The highest BCUT2D eigenvalue weighted by molar-refractivity contribution is 14.1. The number of nitrogens with zero attached hydrogens (tertiary/aromatic N) is 1. The third-order valence-corrected chi connectivity index (χ3v) is 3.96. The van der Waals surface area contributed by atoms with E-state index in [2.05, 4.69) is 22.6 Å². The summed E-state index contributed by atoms with van der Waals surface area (Å²) >= 11 is 2.20. The van der Waals surface area contributed by atoms with Gasteiger partial charge in [-0.05, 0) is 60.2 Å². The number of halogens is 4. The summed E-state index contributed by atoms with van der Waals surface area (Å²) in [4.78, 5) is 1.48. The lowest BCUT2D eigenvalue weighted by Crippen LogP contribution is -2.42. The first kappa shape index (κ1) is 15.9. The van der Waals surface area contributed by atoms with Crippen molar-refractivity contribution in [3.05, 3.63) is 27.8 Å². The van der Waals surface area contributed by atoms with Crippen LogP contribution in [0.4, 0.5) is 13.2 Å². The largest absolute Gasteiger partial charge is 0.493 e. The molecule has 20 heavy (non-hydrogen) atoms. The van der Waals surface area contributed by atoms with Gasteiger partial charge in [0.2, 0.25) is 0 Å². The van der Waals surface area contributed by atoms with Gasteiger partial charge in [-0.1, -0.05) is 6.07 Å². The molecule has 0 bridgehead atoms. The molecule has 1 atom stereocenters. The lowest BCUT2D eigenvalue weighted by atomic mass is 9.99. The molecule has 1 fully saturated rings.